The van der Waals surface area contributed by atoms with Crippen molar-refractivity contribution in [3.05, 3.63) is 58.1 Å². The summed E-state index contributed by atoms with van der Waals surface area (Å²) in [5.74, 6) is 0. The summed E-state index contributed by atoms with van der Waals surface area (Å²) in [6.07, 6.45) is 2.14. The van der Waals surface area contributed by atoms with Crippen LogP contribution in [0.3, 0.4) is 0 Å². The lowest BCUT2D eigenvalue weighted by atomic mass is 10.4. The fourth-order valence-corrected chi connectivity index (χ4v) is 2.46. The van der Waals surface area contributed by atoms with Crippen LogP contribution in [0.15, 0.2) is 58.1 Å². The molecule has 0 fully saturated rings. The Kier molecular flexibility index (Phi) is 3.44. The quantitative estimate of drug-likeness (QED) is 0.683. The summed E-state index contributed by atoms with van der Waals surface area (Å²) in [5, 5.41) is 4.22. The van der Waals surface area contributed by atoms with Gasteiger partial charge in [-0.25, -0.2) is 0 Å². The van der Waals surface area contributed by atoms with Crippen molar-refractivity contribution in [1.82, 2.24) is 0 Å². The fourth-order valence-electron chi connectivity index (χ4n) is 1.06. The predicted molar refractivity (Wildman–Crippen MR) is 65.7 cm³/mol. The molecule has 1 aromatic carbocycles. The summed E-state index contributed by atoms with van der Waals surface area (Å²) >= 11 is 3.50. The van der Waals surface area contributed by atoms with E-state index in [-0.39, 0.29) is 0 Å². The normalized spacial score (nSPS) is 10.9. The van der Waals surface area contributed by atoms with E-state index >= 15 is 0 Å². The fraction of sp³-hybridized carbons (Fsp3) is 0. The van der Waals surface area contributed by atoms with Gasteiger partial charge >= 0.3 is 0 Å². The number of hydrogen-bond donors (Lipinski definition) is 0. The van der Waals surface area contributed by atoms with Gasteiger partial charge < -0.3 is 0 Å². The minimum atomic E-state index is 1.28. The molecular formula is C12H10S2. The van der Waals surface area contributed by atoms with Gasteiger partial charge in [0.2, 0.25) is 0 Å². The standard InChI is InChI=1S/C12H10S2/c1-2-5-11(6-3-1)14-10-8-12-7-4-9-13-12/h1-10H/b10-8+. The zero-order valence-electron chi connectivity index (χ0n) is 7.59. The average molecular weight is 218 g/mol. The summed E-state index contributed by atoms with van der Waals surface area (Å²) in [6.45, 7) is 0. The second kappa shape index (κ2) is 5.03. The lowest BCUT2D eigenvalue weighted by molar-refractivity contribution is 1.47. The second-order valence-corrected chi connectivity index (χ2v) is 4.71. The topological polar surface area (TPSA) is 0 Å². The van der Waals surface area contributed by atoms with Crippen LogP contribution in [0, 0.1) is 0 Å². The third-order valence-electron chi connectivity index (χ3n) is 1.72. The predicted octanol–water partition coefficient (Wildman–Crippen LogP) is 4.51. The van der Waals surface area contributed by atoms with E-state index in [0.29, 0.717) is 0 Å². The molecule has 0 aliphatic carbocycles. The maximum Gasteiger partial charge on any atom is 0.0275 e. The molecule has 0 bridgehead atoms. The summed E-state index contributed by atoms with van der Waals surface area (Å²) in [4.78, 5) is 2.58. The Hall–Kier alpha value is -0.990. The number of hydrogen-bond acceptors (Lipinski definition) is 2. The van der Waals surface area contributed by atoms with E-state index in [1.165, 1.54) is 9.77 Å². The molecule has 0 radical (unpaired) electrons. The molecule has 0 amide bonds. The first-order chi connectivity index (χ1) is 6.95. The van der Waals surface area contributed by atoms with Crippen LogP contribution in [0.2, 0.25) is 0 Å². The van der Waals surface area contributed by atoms with Gasteiger partial charge in [0.25, 0.3) is 0 Å². The number of thioether (sulfide) groups is 1. The van der Waals surface area contributed by atoms with Crippen LogP contribution >= 0.6 is 23.1 Å². The van der Waals surface area contributed by atoms with Crippen molar-refractivity contribution in [2.75, 3.05) is 0 Å². The molecule has 2 heteroatoms. The zero-order valence-corrected chi connectivity index (χ0v) is 9.22. The maximum atomic E-state index is 2.14. The molecule has 1 heterocycles. The highest BCUT2D eigenvalue weighted by Gasteiger charge is 1.88. The van der Waals surface area contributed by atoms with Crippen LogP contribution in [0.4, 0.5) is 0 Å². The highest BCUT2D eigenvalue weighted by molar-refractivity contribution is 8.02. The Morgan fingerprint density at radius 1 is 1.00 bits per heavy atom. The van der Waals surface area contributed by atoms with Gasteiger partial charge in [0, 0.05) is 9.77 Å². The summed E-state index contributed by atoms with van der Waals surface area (Å²) in [6, 6.07) is 14.6. The lowest BCUT2D eigenvalue weighted by Crippen LogP contribution is -1.64. The van der Waals surface area contributed by atoms with E-state index in [1.807, 2.05) is 6.07 Å². The van der Waals surface area contributed by atoms with E-state index in [2.05, 4.69) is 53.3 Å². The van der Waals surface area contributed by atoms with Crippen molar-refractivity contribution in [2.45, 2.75) is 4.90 Å². The first kappa shape index (κ1) is 9.56. The molecule has 0 nitrogen and oxygen atoms in total. The van der Waals surface area contributed by atoms with E-state index < -0.39 is 0 Å². The highest BCUT2D eigenvalue weighted by Crippen LogP contribution is 2.20. The Labute approximate surface area is 92.3 Å². The summed E-state index contributed by atoms with van der Waals surface area (Å²) in [7, 11) is 0. The summed E-state index contributed by atoms with van der Waals surface area (Å²) < 4.78 is 0. The molecule has 0 aliphatic heterocycles. The average Bonchev–Trinajstić information content (AvgIpc) is 2.72. The molecule has 0 saturated carbocycles. The third kappa shape index (κ3) is 2.76. The smallest absolute Gasteiger partial charge is 0.0275 e. The van der Waals surface area contributed by atoms with Crippen molar-refractivity contribution in [3.63, 3.8) is 0 Å². The minimum Gasteiger partial charge on any atom is -0.144 e. The lowest BCUT2D eigenvalue weighted by Gasteiger charge is -1.92. The first-order valence-electron chi connectivity index (χ1n) is 4.37. The van der Waals surface area contributed by atoms with Gasteiger partial charge in [-0.05, 0) is 35.1 Å². The molecule has 1 aromatic heterocycles. The van der Waals surface area contributed by atoms with Gasteiger partial charge in [0.1, 0.15) is 0 Å². The minimum absolute atomic E-state index is 1.28. The van der Waals surface area contributed by atoms with E-state index in [1.54, 1.807) is 23.1 Å². The third-order valence-corrected chi connectivity index (χ3v) is 3.38. The molecule has 14 heavy (non-hydrogen) atoms. The van der Waals surface area contributed by atoms with Crippen molar-refractivity contribution in [1.29, 1.82) is 0 Å². The van der Waals surface area contributed by atoms with Gasteiger partial charge in [-0.3, -0.25) is 0 Å². The molecule has 0 aliphatic rings. The zero-order chi connectivity index (χ0) is 9.64. The Morgan fingerprint density at radius 3 is 2.57 bits per heavy atom. The molecular weight excluding hydrogens is 208 g/mol. The van der Waals surface area contributed by atoms with Crippen LogP contribution in [0.25, 0.3) is 6.08 Å². The number of rotatable bonds is 3. The van der Waals surface area contributed by atoms with Crippen LogP contribution in [0.1, 0.15) is 4.88 Å². The Morgan fingerprint density at radius 2 is 1.86 bits per heavy atom. The largest absolute Gasteiger partial charge is 0.144 e. The molecule has 0 atom stereocenters. The number of benzene rings is 1. The van der Waals surface area contributed by atoms with Crippen LogP contribution < -0.4 is 0 Å². The molecule has 0 N–H and O–H groups in total. The molecule has 0 unspecified atom stereocenters. The van der Waals surface area contributed by atoms with Gasteiger partial charge in [0.15, 0.2) is 0 Å². The monoisotopic (exact) mass is 218 g/mol. The molecule has 0 spiro atoms. The molecule has 2 aromatic rings. The van der Waals surface area contributed by atoms with Crippen LogP contribution in [-0.2, 0) is 0 Å². The van der Waals surface area contributed by atoms with Crippen molar-refractivity contribution in [2.24, 2.45) is 0 Å². The molecule has 0 saturated heterocycles. The van der Waals surface area contributed by atoms with Gasteiger partial charge in [-0.15, -0.1) is 11.3 Å². The van der Waals surface area contributed by atoms with E-state index in [9.17, 15) is 0 Å². The van der Waals surface area contributed by atoms with Crippen LogP contribution in [-0.4, -0.2) is 0 Å². The maximum absolute atomic E-state index is 2.14. The van der Waals surface area contributed by atoms with E-state index in [0.717, 1.165) is 0 Å². The van der Waals surface area contributed by atoms with Crippen molar-refractivity contribution in [3.8, 4) is 0 Å². The summed E-state index contributed by atoms with van der Waals surface area (Å²) in [5.41, 5.74) is 0. The first-order valence-corrected chi connectivity index (χ1v) is 6.13. The van der Waals surface area contributed by atoms with Gasteiger partial charge in [0.05, 0.1) is 0 Å². The second-order valence-electron chi connectivity index (χ2n) is 2.75. The Bertz CT molecular complexity index is 388. The van der Waals surface area contributed by atoms with Crippen LogP contribution in [0.5, 0.6) is 0 Å². The molecule has 70 valence electrons. The van der Waals surface area contributed by atoms with E-state index in [4.69, 9.17) is 0 Å². The molecule has 2 rings (SSSR count). The van der Waals surface area contributed by atoms with Crippen molar-refractivity contribution < 1.29 is 0 Å². The van der Waals surface area contributed by atoms with Gasteiger partial charge in [-0.2, -0.15) is 0 Å². The van der Waals surface area contributed by atoms with Crippen molar-refractivity contribution >= 4 is 29.2 Å². The SMILES string of the molecule is C(=C\c1cccs1)/Sc1ccccc1. The number of thiophene rings is 1. The highest BCUT2D eigenvalue weighted by atomic mass is 32.2. The van der Waals surface area contributed by atoms with Gasteiger partial charge in [-0.1, -0.05) is 36.0 Å². The Balaban J connectivity index is 1.95.